The molecule has 0 aliphatic rings. The first-order valence-electron chi connectivity index (χ1n) is 8.35. The predicted molar refractivity (Wildman–Crippen MR) is 105 cm³/mol. The summed E-state index contributed by atoms with van der Waals surface area (Å²) in [7, 11) is 0. The van der Waals surface area contributed by atoms with Crippen molar-refractivity contribution in [1.82, 2.24) is 0 Å². The molecule has 0 heterocycles. The summed E-state index contributed by atoms with van der Waals surface area (Å²) in [5.41, 5.74) is 12.0. The van der Waals surface area contributed by atoms with Crippen LogP contribution in [0.5, 0.6) is 0 Å². The molecule has 0 fully saturated rings. The molecule has 0 saturated carbocycles. The Labute approximate surface area is 148 Å². The smallest absolute Gasteiger partial charge is 0.159 e. The fourth-order valence-corrected chi connectivity index (χ4v) is 2.83. The highest BCUT2D eigenvalue weighted by Crippen LogP contribution is 2.27. The second-order valence-corrected chi connectivity index (χ2v) is 6.07. The topological polar surface area (TPSA) is 43.1 Å². The standard InChI is InChI=1S/C23H21NO/c1-17(25)19-10-12-20(13-11-19)23-15-14-22(24)16-21(23)9-5-8-18-6-3-2-4-7-18/h2-8,10-16H,9,24H2,1H3. The number of nitrogens with two attached hydrogens (primary N) is 1. The van der Waals surface area contributed by atoms with Crippen LogP contribution in [0.2, 0.25) is 0 Å². The minimum absolute atomic E-state index is 0.0786. The van der Waals surface area contributed by atoms with E-state index in [1.165, 1.54) is 11.1 Å². The molecule has 2 heteroatoms. The van der Waals surface area contributed by atoms with E-state index in [4.69, 9.17) is 5.73 Å². The first kappa shape index (κ1) is 16.7. The lowest BCUT2D eigenvalue weighted by molar-refractivity contribution is 0.101. The van der Waals surface area contributed by atoms with Crippen molar-refractivity contribution in [2.24, 2.45) is 0 Å². The molecule has 0 unspecified atom stereocenters. The molecule has 0 saturated heterocycles. The van der Waals surface area contributed by atoms with Crippen molar-refractivity contribution in [2.45, 2.75) is 13.3 Å². The zero-order valence-corrected chi connectivity index (χ0v) is 14.3. The molecule has 0 bridgehead atoms. The van der Waals surface area contributed by atoms with Crippen LogP contribution in [0.1, 0.15) is 28.4 Å². The van der Waals surface area contributed by atoms with Crippen molar-refractivity contribution in [3.8, 4) is 11.1 Å². The van der Waals surface area contributed by atoms with Crippen molar-refractivity contribution < 1.29 is 4.79 Å². The van der Waals surface area contributed by atoms with E-state index < -0.39 is 0 Å². The number of carbonyl (C=O) groups excluding carboxylic acids is 1. The molecule has 2 N–H and O–H groups in total. The number of allylic oxidation sites excluding steroid dienone is 1. The second-order valence-electron chi connectivity index (χ2n) is 6.07. The van der Waals surface area contributed by atoms with E-state index in [0.29, 0.717) is 0 Å². The van der Waals surface area contributed by atoms with Gasteiger partial charge < -0.3 is 5.73 Å². The van der Waals surface area contributed by atoms with Gasteiger partial charge in [0, 0.05) is 11.3 Å². The molecule has 0 atom stereocenters. The molecule has 3 aromatic carbocycles. The molecule has 0 aliphatic heterocycles. The lowest BCUT2D eigenvalue weighted by atomic mass is 9.95. The van der Waals surface area contributed by atoms with Crippen LogP contribution in [0.15, 0.2) is 78.9 Å². The van der Waals surface area contributed by atoms with Gasteiger partial charge in [-0.25, -0.2) is 0 Å². The summed E-state index contributed by atoms with van der Waals surface area (Å²) < 4.78 is 0. The van der Waals surface area contributed by atoms with Gasteiger partial charge in [-0.1, -0.05) is 72.8 Å². The summed E-state index contributed by atoms with van der Waals surface area (Å²) in [5, 5.41) is 0. The van der Waals surface area contributed by atoms with Gasteiger partial charge in [-0.15, -0.1) is 0 Å². The first-order chi connectivity index (χ1) is 12.1. The normalized spacial score (nSPS) is 10.9. The summed E-state index contributed by atoms with van der Waals surface area (Å²) in [4.78, 5) is 11.5. The Hall–Kier alpha value is -3.13. The lowest BCUT2D eigenvalue weighted by Crippen LogP contribution is -1.94. The number of ketones is 1. The summed E-state index contributed by atoms with van der Waals surface area (Å²) in [6.45, 7) is 1.58. The van der Waals surface area contributed by atoms with Gasteiger partial charge in [0.1, 0.15) is 0 Å². The molecule has 3 rings (SSSR count). The third-order valence-electron chi connectivity index (χ3n) is 4.18. The molecular weight excluding hydrogens is 306 g/mol. The first-order valence-corrected chi connectivity index (χ1v) is 8.35. The monoisotopic (exact) mass is 327 g/mol. The SMILES string of the molecule is CC(=O)c1ccc(-c2ccc(N)cc2CC=Cc2ccccc2)cc1. The number of carbonyl (C=O) groups is 1. The van der Waals surface area contributed by atoms with E-state index in [-0.39, 0.29) is 5.78 Å². The van der Waals surface area contributed by atoms with Crippen LogP contribution in [-0.2, 0) is 6.42 Å². The number of hydrogen-bond acceptors (Lipinski definition) is 2. The van der Waals surface area contributed by atoms with E-state index in [1.807, 2.05) is 60.7 Å². The number of rotatable bonds is 5. The summed E-state index contributed by atoms with van der Waals surface area (Å²) in [5.74, 6) is 0.0786. The van der Waals surface area contributed by atoms with Gasteiger partial charge >= 0.3 is 0 Å². The Kier molecular flexibility index (Phi) is 5.10. The molecule has 25 heavy (non-hydrogen) atoms. The van der Waals surface area contributed by atoms with Crippen LogP contribution < -0.4 is 5.73 Å². The van der Waals surface area contributed by atoms with E-state index in [0.717, 1.165) is 28.8 Å². The van der Waals surface area contributed by atoms with Gasteiger partial charge in [0.25, 0.3) is 0 Å². The average Bonchev–Trinajstić information content (AvgIpc) is 2.63. The van der Waals surface area contributed by atoms with Gasteiger partial charge in [-0.05, 0) is 47.7 Å². The zero-order chi connectivity index (χ0) is 17.6. The van der Waals surface area contributed by atoms with Crippen LogP contribution in [0.4, 0.5) is 5.69 Å². The van der Waals surface area contributed by atoms with Crippen LogP contribution >= 0.6 is 0 Å². The molecular formula is C23H21NO. The van der Waals surface area contributed by atoms with Crippen molar-refractivity contribution in [3.63, 3.8) is 0 Å². The van der Waals surface area contributed by atoms with E-state index in [2.05, 4.69) is 24.3 Å². The van der Waals surface area contributed by atoms with Gasteiger partial charge in [0.15, 0.2) is 5.78 Å². The minimum Gasteiger partial charge on any atom is -0.399 e. The Balaban J connectivity index is 1.87. The fourth-order valence-electron chi connectivity index (χ4n) is 2.83. The van der Waals surface area contributed by atoms with Gasteiger partial charge in [0.2, 0.25) is 0 Å². The molecule has 0 radical (unpaired) electrons. The average molecular weight is 327 g/mol. The van der Waals surface area contributed by atoms with Crippen LogP contribution in [-0.4, -0.2) is 5.78 Å². The van der Waals surface area contributed by atoms with Crippen LogP contribution in [0, 0.1) is 0 Å². The van der Waals surface area contributed by atoms with Crippen LogP contribution in [0.3, 0.4) is 0 Å². The summed E-state index contributed by atoms with van der Waals surface area (Å²) >= 11 is 0. The Morgan fingerprint density at radius 2 is 1.68 bits per heavy atom. The number of nitrogen functional groups attached to an aromatic ring is 1. The van der Waals surface area contributed by atoms with Gasteiger partial charge in [0.05, 0.1) is 0 Å². The van der Waals surface area contributed by atoms with Gasteiger partial charge in [-0.2, -0.15) is 0 Å². The summed E-state index contributed by atoms with van der Waals surface area (Å²) in [6, 6.07) is 23.9. The predicted octanol–water partition coefficient (Wildman–Crippen LogP) is 5.39. The highest BCUT2D eigenvalue weighted by molar-refractivity contribution is 5.94. The Morgan fingerprint density at radius 1 is 0.960 bits per heavy atom. The molecule has 0 amide bonds. The maximum Gasteiger partial charge on any atom is 0.159 e. The Bertz CT molecular complexity index is 893. The van der Waals surface area contributed by atoms with Crippen LogP contribution in [0.25, 0.3) is 17.2 Å². The Morgan fingerprint density at radius 3 is 2.36 bits per heavy atom. The molecule has 0 aliphatic carbocycles. The molecule has 2 nitrogen and oxygen atoms in total. The van der Waals surface area contributed by atoms with E-state index in [1.54, 1.807) is 6.92 Å². The number of benzene rings is 3. The largest absolute Gasteiger partial charge is 0.399 e. The maximum atomic E-state index is 11.5. The molecule has 0 aromatic heterocycles. The quantitative estimate of drug-likeness (QED) is 0.504. The van der Waals surface area contributed by atoms with Crippen molar-refractivity contribution >= 4 is 17.5 Å². The molecule has 0 spiro atoms. The molecule has 3 aromatic rings. The van der Waals surface area contributed by atoms with Crippen molar-refractivity contribution in [1.29, 1.82) is 0 Å². The number of anilines is 1. The van der Waals surface area contributed by atoms with Crippen molar-refractivity contribution in [3.05, 3.63) is 95.6 Å². The number of Topliss-reactive ketones (excluding diaryl/α,β-unsaturated/α-hetero) is 1. The second kappa shape index (κ2) is 7.63. The zero-order valence-electron chi connectivity index (χ0n) is 14.3. The highest BCUT2D eigenvalue weighted by atomic mass is 16.1. The van der Waals surface area contributed by atoms with E-state index in [9.17, 15) is 4.79 Å². The maximum absolute atomic E-state index is 11.5. The fraction of sp³-hybridized carbons (Fsp3) is 0.0870. The van der Waals surface area contributed by atoms with Gasteiger partial charge in [-0.3, -0.25) is 4.79 Å². The summed E-state index contributed by atoms with van der Waals surface area (Å²) in [6.07, 6.45) is 5.06. The minimum atomic E-state index is 0.0786. The number of hydrogen-bond donors (Lipinski definition) is 1. The third kappa shape index (κ3) is 4.24. The third-order valence-corrected chi connectivity index (χ3v) is 4.18. The lowest BCUT2D eigenvalue weighted by Gasteiger charge is -2.10. The highest BCUT2D eigenvalue weighted by Gasteiger charge is 2.06. The van der Waals surface area contributed by atoms with E-state index >= 15 is 0 Å². The molecule has 124 valence electrons. The van der Waals surface area contributed by atoms with Crippen molar-refractivity contribution in [2.75, 3.05) is 5.73 Å².